The van der Waals surface area contributed by atoms with Crippen LogP contribution in [0, 0.1) is 12.8 Å². The monoisotopic (exact) mass is 307 g/mol. The minimum atomic E-state index is -0.928. The molecule has 0 aliphatic carbocycles. The Kier molecular flexibility index (Phi) is 5.91. The van der Waals surface area contributed by atoms with Gasteiger partial charge in [-0.25, -0.2) is 0 Å². The molecule has 0 spiro atoms. The van der Waals surface area contributed by atoms with E-state index in [9.17, 15) is 14.7 Å². The molecule has 0 radical (unpaired) electrons. The zero-order valence-electron chi connectivity index (χ0n) is 12.6. The van der Waals surface area contributed by atoms with Crippen molar-refractivity contribution in [1.82, 2.24) is 5.32 Å². The normalized spacial score (nSPS) is 19.4. The number of nitrogens with one attached hydrogen (secondary N) is 1. The Balaban J connectivity index is 1.88. The highest BCUT2D eigenvalue weighted by atomic mass is 16.6. The number of carbonyl (C=O) groups is 2. The van der Waals surface area contributed by atoms with Crippen LogP contribution in [-0.4, -0.2) is 49.5 Å². The highest BCUT2D eigenvalue weighted by Gasteiger charge is 2.25. The lowest BCUT2D eigenvalue weighted by Crippen LogP contribution is -2.45. The van der Waals surface area contributed by atoms with Gasteiger partial charge in [-0.3, -0.25) is 9.59 Å². The standard InChI is InChI=1S/C16H21NO5/c1-11-3-2-4-12(7-11)8-13(16(19)20)9-17-15(18)14-10-21-5-6-22-14/h2-4,7,13-14H,5-6,8-10H2,1H3,(H,17,18)(H,19,20)/t13-,14-/m0/s1. The number of rotatable bonds is 6. The number of aliphatic carboxylic acids is 1. The molecular formula is C16H21NO5. The van der Waals surface area contributed by atoms with Crippen LogP contribution in [0.4, 0.5) is 0 Å². The van der Waals surface area contributed by atoms with Gasteiger partial charge in [-0.1, -0.05) is 29.8 Å². The van der Waals surface area contributed by atoms with Crippen molar-refractivity contribution in [3.8, 4) is 0 Å². The summed E-state index contributed by atoms with van der Waals surface area (Å²) in [5.41, 5.74) is 2.03. The average Bonchev–Trinajstić information content (AvgIpc) is 2.51. The summed E-state index contributed by atoms with van der Waals surface area (Å²) in [6.45, 7) is 3.10. The Morgan fingerprint density at radius 2 is 2.23 bits per heavy atom. The zero-order valence-corrected chi connectivity index (χ0v) is 12.6. The molecule has 2 rings (SSSR count). The fourth-order valence-electron chi connectivity index (χ4n) is 2.35. The summed E-state index contributed by atoms with van der Waals surface area (Å²) in [4.78, 5) is 23.3. The van der Waals surface area contributed by atoms with Crippen LogP contribution in [0.5, 0.6) is 0 Å². The first-order valence-electron chi connectivity index (χ1n) is 7.31. The third-order valence-corrected chi connectivity index (χ3v) is 3.54. The van der Waals surface area contributed by atoms with Gasteiger partial charge in [0.05, 0.1) is 25.7 Å². The summed E-state index contributed by atoms with van der Waals surface area (Å²) in [7, 11) is 0. The van der Waals surface area contributed by atoms with Crippen LogP contribution in [0.3, 0.4) is 0 Å². The summed E-state index contributed by atoms with van der Waals surface area (Å²) < 4.78 is 10.4. The van der Waals surface area contributed by atoms with E-state index in [0.29, 0.717) is 19.6 Å². The smallest absolute Gasteiger partial charge is 0.308 e. The quantitative estimate of drug-likeness (QED) is 0.811. The number of amides is 1. The van der Waals surface area contributed by atoms with Crippen molar-refractivity contribution in [2.24, 2.45) is 5.92 Å². The predicted molar refractivity (Wildman–Crippen MR) is 79.6 cm³/mol. The minimum absolute atomic E-state index is 0.0714. The maximum absolute atomic E-state index is 11.9. The van der Waals surface area contributed by atoms with Gasteiger partial charge in [-0.2, -0.15) is 0 Å². The van der Waals surface area contributed by atoms with E-state index in [-0.39, 0.29) is 19.1 Å². The first-order valence-corrected chi connectivity index (χ1v) is 7.31. The maximum Gasteiger partial charge on any atom is 0.308 e. The lowest BCUT2D eigenvalue weighted by Gasteiger charge is -2.23. The van der Waals surface area contributed by atoms with Gasteiger partial charge in [0.25, 0.3) is 5.91 Å². The van der Waals surface area contributed by atoms with Gasteiger partial charge in [-0.05, 0) is 18.9 Å². The Hall–Kier alpha value is -1.92. The van der Waals surface area contributed by atoms with Crippen LogP contribution >= 0.6 is 0 Å². The second kappa shape index (κ2) is 7.91. The van der Waals surface area contributed by atoms with Gasteiger partial charge in [-0.15, -0.1) is 0 Å². The number of carboxylic acids is 1. The minimum Gasteiger partial charge on any atom is -0.481 e. The second-order valence-corrected chi connectivity index (χ2v) is 5.41. The third kappa shape index (κ3) is 4.82. The Morgan fingerprint density at radius 3 is 2.86 bits per heavy atom. The molecule has 1 fully saturated rings. The van der Waals surface area contributed by atoms with Gasteiger partial charge in [0, 0.05) is 6.54 Å². The van der Waals surface area contributed by atoms with Gasteiger partial charge < -0.3 is 19.9 Å². The van der Waals surface area contributed by atoms with Crippen LogP contribution in [0.15, 0.2) is 24.3 Å². The fourth-order valence-corrected chi connectivity index (χ4v) is 2.35. The van der Waals surface area contributed by atoms with Crippen LogP contribution in [0.2, 0.25) is 0 Å². The van der Waals surface area contributed by atoms with Gasteiger partial charge in [0.1, 0.15) is 0 Å². The molecule has 1 aliphatic rings. The van der Waals surface area contributed by atoms with Crippen molar-refractivity contribution in [2.75, 3.05) is 26.4 Å². The van der Waals surface area contributed by atoms with Crippen LogP contribution in [0.1, 0.15) is 11.1 Å². The van der Waals surface area contributed by atoms with E-state index in [4.69, 9.17) is 9.47 Å². The van der Waals surface area contributed by atoms with Crippen molar-refractivity contribution in [3.05, 3.63) is 35.4 Å². The summed E-state index contributed by atoms with van der Waals surface area (Å²) >= 11 is 0. The molecule has 2 atom stereocenters. The lowest BCUT2D eigenvalue weighted by atomic mass is 9.98. The van der Waals surface area contributed by atoms with Crippen LogP contribution < -0.4 is 5.32 Å². The summed E-state index contributed by atoms with van der Waals surface area (Å²) in [5, 5.41) is 12.0. The molecule has 22 heavy (non-hydrogen) atoms. The molecule has 0 aromatic heterocycles. The molecule has 1 aromatic rings. The van der Waals surface area contributed by atoms with E-state index in [2.05, 4.69) is 5.32 Å². The number of hydrogen-bond acceptors (Lipinski definition) is 4. The van der Waals surface area contributed by atoms with E-state index in [1.807, 2.05) is 31.2 Å². The van der Waals surface area contributed by atoms with Crippen molar-refractivity contribution >= 4 is 11.9 Å². The van der Waals surface area contributed by atoms with Crippen molar-refractivity contribution in [3.63, 3.8) is 0 Å². The highest BCUT2D eigenvalue weighted by molar-refractivity contribution is 5.81. The molecule has 1 aromatic carbocycles. The number of ether oxygens (including phenoxy) is 2. The van der Waals surface area contributed by atoms with Gasteiger partial charge in [0.2, 0.25) is 0 Å². The Labute approximate surface area is 129 Å². The van der Waals surface area contributed by atoms with Crippen molar-refractivity contribution < 1.29 is 24.2 Å². The second-order valence-electron chi connectivity index (χ2n) is 5.41. The Bertz CT molecular complexity index is 525. The Morgan fingerprint density at radius 1 is 1.41 bits per heavy atom. The van der Waals surface area contributed by atoms with Gasteiger partial charge >= 0.3 is 5.97 Å². The largest absolute Gasteiger partial charge is 0.481 e. The molecule has 0 bridgehead atoms. The SMILES string of the molecule is Cc1cccc(C[C@@H](CNC(=O)[C@@H]2COCCO2)C(=O)O)c1. The van der Waals surface area contributed by atoms with E-state index in [1.165, 1.54) is 0 Å². The molecular weight excluding hydrogens is 286 g/mol. The third-order valence-electron chi connectivity index (χ3n) is 3.54. The number of hydrogen-bond donors (Lipinski definition) is 2. The first kappa shape index (κ1) is 16.5. The summed E-state index contributed by atoms with van der Waals surface area (Å²) in [5.74, 6) is -1.92. The van der Waals surface area contributed by atoms with Crippen LogP contribution in [-0.2, 0) is 25.5 Å². The van der Waals surface area contributed by atoms with Crippen molar-refractivity contribution in [2.45, 2.75) is 19.4 Å². The average molecular weight is 307 g/mol. The molecule has 120 valence electrons. The zero-order chi connectivity index (χ0) is 15.9. The lowest BCUT2D eigenvalue weighted by molar-refractivity contribution is -0.148. The molecule has 1 aliphatic heterocycles. The molecule has 1 heterocycles. The topological polar surface area (TPSA) is 84.9 Å². The van der Waals surface area contributed by atoms with Gasteiger partial charge in [0.15, 0.2) is 6.10 Å². The molecule has 6 heteroatoms. The molecule has 0 unspecified atom stereocenters. The van der Waals surface area contributed by atoms with E-state index in [1.54, 1.807) is 0 Å². The number of aryl methyl sites for hydroxylation is 1. The first-order chi connectivity index (χ1) is 10.6. The van der Waals surface area contributed by atoms with Crippen LogP contribution in [0.25, 0.3) is 0 Å². The summed E-state index contributed by atoms with van der Waals surface area (Å²) in [6, 6.07) is 7.70. The van der Waals surface area contributed by atoms with E-state index in [0.717, 1.165) is 11.1 Å². The molecule has 1 amide bonds. The number of carbonyl (C=O) groups excluding carboxylic acids is 1. The van der Waals surface area contributed by atoms with E-state index >= 15 is 0 Å². The molecule has 2 N–H and O–H groups in total. The predicted octanol–water partition coefficient (Wildman–Crippen LogP) is 0.770. The maximum atomic E-state index is 11.9. The molecule has 6 nitrogen and oxygen atoms in total. The number of carboxylic acid groups (broad SMARTS) is 1. The fraction of sp³-hybridized carbons (Fsp3) is 0.500. The molecule has 1 saturated heterocycles. The van der Waals surface area contributed by atoms with Crippen molar-refractivity contribution in [1.29, 1.82) is 0 Å². The highest BCUT2D eigenvalue weighted by Crippen LogP contribution is 2.11. The molecule has 0 saturated carbocycles. The van der Waals surface area contributed by atoms with E-state index < -0.39 is 18.0 Å². The summed E-state index contributed by atoms with van der Waals surface area (Å²) in [6.07, 6.45) is -0.276. The number of benzene rings is 1.